The minimum absolute atomic E-state index is 0.0616. The summed E-state index contributed by atoms with van der Waals surface area (Å²) >= 11 is 0. The Morgan fingerprint density at radius 2 is 2.06 bits per heavy atom. The molecule has 1 aliphatic rings. The van der Waals surface area contributed by atoms with Crippen LogP contribution in [0.1, 0.15) is 46.5 Å². The van der Waals surface area contributed by atoms with Crippen molar-refractivity contribution in [1.82, 2.24) is 0 Å². The zero-order valence-electron chi connectivity index (χ0n) is 10.7. The molecule has 0 atom stereocenters. The van der Waals surface area contributed by atoms with E-state index in [1.807, 2.05) is 13.8 Å². The van der Waals surface area contributed by atoms with E-state index in [4.69, 9.17) is 0 Å². The molecule has 0 unspecified atom stereocenters. The minimum Gasteiger partial charge on any atom is -0.511 e. The number of carbonyl (C=O) groups is 1. The Balaban J connectivity index is 3.07. The highest BCUT2D eigenvalue weighted by molar-refractivity contribution is 6.21. The second-order valence-corrected chi connectivity index (χ2v) is 5.24. The molecule has 2 N–H and O–H groups in total. The zero-order valence-corrected chi connectivity index (χ0v) is 10.7. The Morgan fingerprint density at radius 3 is 2.50 bits per heavy atom. The van der Waals surface area contributed by atoms with Gasteiger partial charge in [-0.15, -0.1) is 0 Å². The number of allylic oxidation sites excluding steroid dienone is 2. The molecule has 1 aliphatic carbocycles. The highest BCUT2D eigenvalue weighted by atomic mass is 16.3. The maximum atomic E-state index is 12.0. The van der Waals surface area contributed by atoms with Crippen LogP contribution in [-0.2, 0) is 4.79 Å². The molecule has 0 amide bonds. The van der Waals surface area contributed by atoms with E-state index in [1.54, 1.807) is 7.05 Å². The van der Waals surface area contributed by atoms with Gasteiger partial charge in [-0.25, -0.2) is 4.99 Å². The van der Waals surface area contributed by atoms with Crippen molar-refractivity contribution in [2.24, 2.45) is 5.41 Å². The van der Waals surface area contributed by atoms with Crippen molar-refractivity contribution in [3.8, 4) is 0 Å². The molecule has 16 heavy (non-hydrogen) atoms. The molecule has 3 nitrogen and oxygen atoms in total. The van der Waals surface area contributed by atoms with Gasteiger partial charge in [0.25, 0.3) is 0 Å². The van der Waals surface area contributed by atoms with Crippen LogP contribution in [0, 0.1) is 5.41 Å². The molecule has 0 spiro atoms. The first-order valence-electron chi connectivity index (χ1n) is 5.90. The zero-order chi connectivity index (χ0) is 12.3. The van der Waals surface area contributed by atoms with Crippen molar-refractivity contribution in [3.63, 3.8) is 0 Å². The third-order valence-corrected chi connectivity index (χ3v) is 2.96. The molecule has 0 aliphatic heterocycles. The van der Waals surface area contributed by atoms with E-state index in [2.05, 4.69) is 11.9 Å². The van der Waals surface area contributed by atoms with E-state index in [-0.39, 0.29) is 17.0 Å². The van der Waals surface area contributed by atoms with E-state index in [0.717, 1.165) is 18.6 Å². The molecule has 0 aromatic heterocycles. The van der Waals surface area contributed by atoms with Crippen LogP contribution in [-0.4, -0.2) is 23.6 Å². The summed E-state index contributed by atoms with van der Waals surface area (Å²) in [6.45, 7) is 6.08. The molecular formula is C13H22NO2+. The highest BCUT2D eigenvalue weighted by Gasteiger charge is 2.36. The number of rotatable bonds is 3. The van der Waals surface area contributed by atoms with Crippen molar-refractivity contribution >= 4 is 11.5 Å². The minimum atomic E-state index is -0.115. The number of ketones is 1. The van der Waals surface area contributed by atoms with Crippen LogP contribution in [0.5, 0.6) is 0 Å². The second kappa shape index (κ2) is 4.81. The fraction of sp³-hybridized carbons (Fsp3) is 0.692. The monoisotopic (exact) mass is 224 g/mol. The maximum absolute atomic E-state index is 12.0. The van der Waals surface area contributed by atoms with Crippen LogP contribution in [0.2, 0.25) is 0 Å². The van der Waals surface area contributed by atoms with Crippen molar-refractivity contribution in [1.29, 1.82) is 0 Å². The lowest BCUT2D eigenvalue weighted by atomic mass is 9.75. The van der Waals surface area contributed by atoms with Gasteiger partial charge in [0.2, 0.25) is 0 Å². The van der Waals surface area contributed by atoms with Gasteiger partial charge < -0.3 is 5.11 Å². The average molecular weight is 224 g/mol. The predicted molar refractivity (Wildman–Crippen MR) is 64.5 cm³/mol. The third-order valence-electron chi connectivity index (χ3n) is 2.96. The summed E-state index contributed by atoms with van der Waals surface area (Å²) in [7, 11) is 1.80. The summed E-state index contributed by atoms with van der Waals surface area (Å²) < 4.78 is 0. The summed E-state index contributed by atoms with van der Waals surface area (Å²) in [6.07, 6.45) is 2.87. The van der Waals surface area contributed by atoms with E-state index in [1.165, 1.54) is 0 Å². The molecule has 0 saturated carbocycles. The molecule has 0 aromatic rings. The standard InChI is InChI=1S/C13H21NO2/c1-5-6-9(14-4)12-10(15)7-13(2,3)8-11(12)16/h15H,5-8H2,1-4H3/p+1. The lowest BCUT2D eigenvalue weighted by molar-refractivity contribution is -0.420. The van der Waals surface area contributed by atoms with Gasteiger partial charge in [0.1, 0.15) is 18.4 Å². The number of aliphatic hydroxyl groups excluding tert-OH is 1. The lowest BCUT2D eigenvalue weighted by Crippen LogP contribution is -2.69. The molecular weight excluding hydrogens is 202 g/mol. The van der Waals surface area contributed by atoms with Gasteiger partial charge in [0.15, 0.2) is 11.5 Å². The number of aliphatic hydroxyl groups is 1. The fourth-order valence-electron chi connectivity index (χ4n) is 2.26. The summed E-state index contributed by atoms with van der Waals surface area (Å²) in [5.74, 6) is 0.311. The molecule has 0 aromatic carbocycles. The van der Waals surface area contributed by atoms with Crippen molar-refractivity contribution in [2.45, 2.75) is 46.5 Å². The van der Waals surface area contributed by atoms with Crippen LogP contribution in [0.25, 0.3) is 0 Å². The summed E-state index contributed by atoms with van der Waals surface area (Å²) in [5, 5.41) is 10.0. The number of hydrogen-bond donors (Lipinski definition) is 2. The Bertz CT molecular complexity index is 351. The predicted octanol–water partition coefficient (Wildman–Crippen LogP) is 1.14. The van der Waals surface area contributed by atoms with E-state index in [0.29, 0.717) is 18.4 Å². The second-order valence-electron chi connectivity index (χ2n) is 5.24. The van der Waals surface area contributed by atoms with Gasteiger partial charge >= 0.3 is 0 Å². The van der Waals surface area contributed by atoms with Crippen molar-refractivity contribution in [2.75, 3.05) is 7.05 Å². The fourth-order valence-corrected chi connectivity index (χ4v) is 2.26. The summed E-state index contributed by atoms with van der Waals surface area (Å²) in [5.41, 5.74) is 1.29. The SMILES string of the molecule is CCCC(=[NH+]C)C1=C(O)CC(C)(C)CC1=O. The average Bonchev–Trinajstić information content (AvgIpc) is 2.13. The van der Waals surface area contributed by atoms with Gasteiger partial charge in [-0.05, 0) is 11.8 Å². The number of Topliss-reactive ketones (excluding diaryl/α,β-unsaturated/α-hetero) is 1. The van der Waals surface area contributed by atoms with Crippen LogP contribution in [0.3, 0.4) is 0 Å². The number of nitrogens with one attached hydrogen (secondary N) is 1. The molecule has 0 radical (unpaired) electrons. The van der Waals surface area contributed by atoms with Gasteiger partial charge in [0, 0.05) is 19.3 Å². The Kier molecular flexibility index (Phi) is 3.89. The van der Waals surface area contributed by atoms with E-state index < -0.39 is 0 Å². The number of hydrogen-bond acceptors (Lipinski definition) is 2. The molecule has 3 heteroatoms. The van der Waals surface area contributed by atoms with Crippen LogP contribution < -0.4 is 4.99 Å². The lowest BCUT2D eigenvalue weighted by Gasteiger charge is -2.28. The van der Waals surface area contributed by atoms with Crippen LogP contribution in [0.4, 0.5) is 0 Å². The normalized spacial score (nSPS) is 21.5. The molecule has 0 heterocycles. The largest absolute Gasteiger partial charge is 0.511 e. The topological polar surface area (TPSA) is 51.3 Å². The summed E-state index contributed by atoms with van der Waals surface area (Å²) in [6, 6.07) is 0. The molecule has 90 valence electrons. The molecule has 0 bridgehead atoms. The van der Waals surface area contributed by atoms with E-state index in [9.17, 15) is 9.90 Å². The first-order valence-corrected chi connectivity index (χ1v) is 5.90. The van der Waals surface area contributed by atoms with Gasteiger partial charge in [0.05, 0.1) is 0 Å². The van der Waals surface area contributed by atoms with Crippen molar-refractivity contribution in [3.05, 3.63) is 11.3 Å². The third kappa shape index (κ3) is 2.71. The highest BCUT2D eigenvalue weighted by Crippen LogP contribution is 2.35. The van der Waals surface area contributed by atoms with Gasteiger partial charge in [-0.2, -0.15) is 0 Å². The van der Waals surface area contributed by atoms with Crippen LogP contribution in [0.15, 0.2) is 11.3 Å². The van der Waals surface area contributed by atoms with E-state index >= 15 is 0 Å². The quantitative estimate of drug-likeness (QED) is 0.706. The van der Waals surface area contributed by atoms with Crippen molar-refractivity contribution < 1.29 is 14.9 Å². The smallest absolute Gasteiger partial charge is 0.188 e. The van der Waals surface area contributed by atoms with Crippen LogP contribution >= 0.6 is 0 Å². The maximum Gasteiger partial charge on any atom is 0.188 e. The van der Waals surface area contributed by atoms with Gasteiger partial charge in [-0.3, -0.25) is 4.79 Å². The Morgan fingerprint density at radius 1 is 1.44 bits per heavy atom. The van der Waals surface area contributed by atoms with Gasteiger partial charge in [-0.1, -0.05) is 20.8 Å². The Hall–Kier alpha value is -1.12. The molecule has 0 fully saturated rings. The molecule has 0 saturated heterocycles. The first-order chi connectivity index (χ1) is 7.41. The first kappa shape index (κ1) is 12.9. The number of carbonyl (C=O) groups excluding carboxylic acids is 1. The molecule has 1 rings (SSSR count). The summed E-state index contributed by atoms with van der Waals surface area (Å²) in [4.78, 5) is 15.1. The Labute approximate surface area is 97.3 Å².